The monoisotopic (exact) mass is 199 g/mol. The van der Waals surface area contributed by atoms with Gasteiger partial charge in [-0.15, -0.1) is 0 Å². The number of nitrogens with zero attached hydrogens (tertiary/aromatic N) is 1. The molecular formula is C12H25NO. The number of rotatable bonds is 5. The lowest BCUT2D eigenvalue weighted by molar-refractivity contribution is -0.159. The van der Waals surface area contributed by atoms with E-state index in [4.69, 9.17) is 4.74 Å². The summed E-state index contributed by atoms with van der Waals surface area (Å²) in [5.74, 6) is 0. The van der Waals surface area contributed by atoms with Gasteiger partial charge in [0.25, 0.3) is 0 Å². The topological polar surface area (TPSA) is 12.5 Å². The minimum absolute atomic E-state index is 0.0629. The molecule has 1 heterocycles. The summed E-state index contributed by atoms with van der Waals surface area (Å²) in [5.41, 5.74) is 0.0629. The van der Waals surface area contributed by atoms with E-state index in [2.05, 4.69) is 18.7 Å². The summed E-state index contributed by atoms with van der Waals surface area (Å²) in [7, 11) is 1.87. The van der Waals surface area contributed by atoms with Gasteiger partial charge in [-0.1, -0.05) is 20.3 Å². The zero-order chi connectivity index (χ0) is 10.4. The van der Waals surface area contributed by atoms with Crippen LogP contribution in [0, 0.1) is 0 Å². The van der Waals surface area contributed by atoms with Gasteiger partial charge in [-0.25, -0.2) is 0 Å². The summed E-state index contributed by atoms with van der Waals surface area (Å²) < 4.78 is 5.76. The Bertz CT molecular complexity index is 154. The third kappa shape index (κ3) is 2.48. The lowest BCUT2D eigenvalue weighted by Crippen LogP contribution is -2.53. The first-order valence-corrected chi connectivity index (χ1v) is 6.09. The van der Waals surface area contributed by atoms with E-state index < -0.39 is 0 Å². The van der Waals surface area contributed by atoms with Gasteiger partial charge in [0.1, 0.15) is 5.72 Å². The van der Waals surface area contributed by atoms with E-state index in [1.165, 1.54) is 45.2 Å². The van der Waals surface area contributed by atoms with Gasteiger partial charge in [0.2, 0.25) is 0 Å². The Labute approximate surface area is 88.6 Å². The van der Waals surface area contributed by atoms with Crippen LogP contribution >= 0.6 is 0 Å². The number of ether oxygens (including phenoxy) is 1. The lowest BCUT2D eigenvalue weighted by Gasteiger charge is -2.45. The van der Waals surface area contributed by atoms with Crippen LogP contribution in [0.2, 0.25) is 0 Å². The molecule has 0 amide bonds. The van der Waals surface area contributed by atoms with Crippen molar-refractivity contribution < 1.29 is 4.74 Å². The van der Waals surface area contributed by atoms with E-state index in [1.54, 1.807) is 0 Å². The number of unbranched alkanes of at least 4 members (excludes halogenated alkanes) is 1. The predicted octanol–water partition coefficient (Wildman–Crippen LogP) is 3.03. The summed E-state index contributed by atoms with van der Waals surface area (Å²) in [6, 6.07) is 0. The molecule has 0 aromatic carbocycles. The lowest BCUT2D eigenvalue weighted by atomic mass is 9.95. The molecule has 0 radical (unpaired) electrons. The maximum atomic E-state index is 5.76. The molecule has 1 fully saturated rings. The highest BCUT2D eigenvalue weighted by Crippen LogP contribution is 2.31. The van der Waals surface area contributed by atoms with E-state index in [0.29, 0.717) is 0 Å². The smallest absolute Gasteiger partial charge is 0.121 e. The van der Waals surface area contributed by atoms with E-state index in [1.807, 2.05) is 7.11 Å². The van der Waals surface area contributed by atoms with Gasteiger partial charge < -0.3 is 4.74 Å². The van der Waals surface area contributed by atoms with Crippen molar-refractivity contribution >= 4 is 0 Å². The minimum Gasteiger partial charge on any atom is -0.364 e. The largest absolute Gasteiger partial charge is 0.364 e. The number of piperidine rings is 1. The molecule has 2 nitrogen and oxygen atoms in total. The van der Waals surface area contributed by atoms with Crippen LogP contribution in [-0.4, -0.2) is 30.8 Å². The van der Waals surface area contributed by atoms with Crippen molar-refractivity contribution in [2.45, 2.75) is 58.1 Å². The zero-order valence-corrected chi connectivity index (χ0v) is 10.0. The van der Waals surface area contributed by atoms with Gasteiger partial charge in [-0.3, -0.25) is 4.90 Å². The Morgan fingerprint density at radius 1 is 1.29 bits per heavy atom. The van der Waals surface area contributed by atoms with Gasteiger partial charge in [-0.2, -0.15) is 0 Å². The molecule has 0 aromatic heterocycles. The van der Waals surface area contributed by atoms with Crippen LogP contribution in [-0.2, 0) is 4.74 Å². The number of likely N-dealkylation sites (tertiary alicyclic amines) is 1. The van der Waals surface area contributed by atoms with E-state index in [-0.39, 0.29) is 5.72 Å². The van der Waals surface area contributed by atoms with Crippen LogP contribution in [0.4, 0.5) is 0 Å². The molecule has 0 N–H and O–H groups in total. The van der Waals surface area contributed by atoms with Crippen molar-refractivity contribution in [3.8, 4) is 0 Å². The van der Waals surface area contributed by atoms with Gasteiger partial charge in [0.15, 0.2) is 0 Å². The summed E-state index contributed by atoms with van der Waals surface area (Å²) >= 11 is 0. The minimum atomic E-state index is 0.0629. The Balaban J connectivity index is 2.56. The number of hydrogen-bond donors (Lipinski definition) is 0. The van der Waals surface area contributed by atoms with Gasteiger partial charge in [0.05, 0.1) is 0 Å². The molecular weight excluding hydrogens is 174 g/mol. The van der Waals surface area contributed by atoms with E-state index >= 15 is 0 Å². The maximum Gasteiger partial charge on any atom is 0.121 e. The molecule has 84 valence electrons. The Morgan fingerprint density at radius 2 is 2.07 bits per heavy atom. The molecule has 0 saturated carbocycles. The average molecular weight is 199 g/mol. The van der Waals surface area contributed by atoms with Crippen molar-refractivity contribution in [2.24, 2.45) is 0 Å². The fourth-order valence-electron chi connectivity index (χ4n) is 2.51. The van der Waals surface area contributed by atoms with Crippen LogP contribution in [0.25, 0.3) is 0 Å². The van der Waals surface area contributed by atoms with Crippen LogP contribution < -0.4 is 0 Å². The molecule has 2 heteroatoms. The Morgan fingerprint density at radius 3 is 2.64 bits per heavy atom. The molecule has 1 aliphatic heterocycles. The SMILES string of the molecule is CCCCN1CCCCC1(CC)OC. The van der Waals surface area contributed by atoms with Crippen LogP contribution in [0.3, 0.4) is 0 Å². The summed E-state index contributed by atoms with van der Waals surface area (Å²) in [5, 5.41) is 0. The predicted molar refractivity (Wildman–Crippen MR) is 60.4 cm³/mol. The van der Waals surface area contributed by atoms with Gasteiger partial charge in [0, 0.05) is 20.2 Å². The maximum absolute atomic E-state index is 5.76. The third-order valence-corrected chi connectivity index (χ3v) is 3.54. The van der Waals surface area contributed by atoms with Gasteiger partial charge >= 0.3 is 0 Å². The first-order chi connectivity index (χ1) is 6.79. The zero-order valence-electron chi connectivity index (χ0n) is 10.0. The molecule has 1 unspecified atom stereocenters. The average Bonchev–Trinajstić information content (AvgIpc) is 2.26. The van der Waals surface area contributed by atoms with Crippen molar-refractivity contribution in [1.29, 1.82) is 0 Å². The highest BCUT2D eigenvalue weighted by Gasteiger charge is 2.36. The second kappa shape index (κ2) is 5.72. The Kier molecular flexibility index (Phi) is 4.90. The van der Waals surface area contributed by atoms with Crippen molar-refractivity contribution in [2.75, 3.05) is 20.2 Å². The highest BCUT2D eigenvalue weighted by molar-refractivity contribution is 4.84. The molecule has 1 aliphatic rings. The van der Waals surface area contributed by atoms with Gasteiger partial charge in [-0.05, 0) is 32.1 Å². The normalized spacial score (nSPS) is 29.4. The molecule has 14 heavy (non-hydrogen) atoms. The van der Waals surface area contributed by atoms with Crippen molar-refractivity contribution in [1.82, 2.24) is 4.90 Å². The third-order valence-electron chi connectivity index (χ3n) is 3.54. The van der Waals surface area contributed by atoms with Crippen LogP contribution in [0.15, 0.2) is 0 Å². The molecule has 0 aromatic rings. The van der Waals surface area contributed by atoms with Crippen molar-refractivity contribution in [3.63, 3.8) is 0 Å². The first-order valence-electron chi connectivity index (χ1n) is 6.09. The molecule has 1 rings (SSSR count). The molecule has 1 atom stereocenters. The Hall–Kier alpha value is -0.0800. The standard InChI is InChI=1S/C12H25NO/c1-4-6-10-13-11-8-7-9-12(13,5-2)14-3/h4-11H2,1-3H3. The second-order valence-corrected chi connectivity index (χ2v) is 4.30. The molecule has 0 spiro atoms. The second-order valence-electron chi connectivity index (χ2n) is 4.30. The first kappa shape index (κ1) is 12.0. The fourth-order valence-corrected chi connectivity index (χ4v) is 2.51. The molecule has 0 aliphatic carbocycles. The number of hydrogen-bond acceptors (Lipinski definition) is 2. The highest BCUT2D eigenvalue weighted by atomic mass is 16.5. The summed E-state index contributed by atoms with van der Waals surface area (Å²) in [4.78, 5) is 2.56. The van der Waals surface area contributed by atoms with Crippen LogP contribution in [0.1, 0.15) is 52.4 Å². The fraction of sp³-hybridized carbons (Fsp3) is 1.00. The van der Waals surface area contributed by atoms with E-state index in [0.717, 1.165) is 6.42 Å². The quantitative estimate of drug-likeness (QED) is 0.675. The molecule has 1 saturated heterocycles. The number of methoxy groups -OCH3 is 1. The van der Waals surface area contributed by atoms with Crippen LogP contribution in [0.5, 0.6) is 0 Å². The van der Waals surface area contributed by atoms with Crippen molar-refractivity contribution in [3.05, 3.63) is 0 Å². The molecule has 0 bridgehead atoms. The van der Waals surface area contributed by atoms with E-state index in [9.17, 15) is 0 Å². The summed E-state index contributed by atoms with van der Waals surface area (Å²) in [6.07, 6.45) is 7.57. The summed E-state index contributed by atoms with van der Waals surface area (Å²) in [6.45, 7) is 6.93.